The van der Waals surface area contributed by atoms with E-state index in [0.717, 1.165) is 12.0 Å². The van der Waals surface area contributed by atoms with Crippen LogP contribution in [0.5, 0.6) is 5.75 Å². The lowest BCUT2D eigenvalue weighted by Gasteiger charge is -2.12. The normalized spacial score (nSPS) is 11.2. The monoisotopic (exact) mass is 325 g/mol. The van der Waals surface area contributed by atoms with Crippen LogP contribution in [0.25, 0.3) is 0 Å². The van der Waals surface area contributed by atoms with Crippen molar-refractivity contribution < 1.29 is 13.2 Å². The molecule has 0 saturated carbocycles. The van der Waals surface area contributed by atoms with Gasteiger partial charge in [-0.05, 0) is 42.3 Å². The molecule has 0 spiro atoms. The Morgan fingerprint density at radius 2 is 1.81 bits per heavy atom. The number of rotatable bonds is 5. The van der Waals surface area contributed by atoms with E-state index in [1.807, 2.05) is 6.92 Å². The molecule has 0 fully saturated rings. The molecular weight excluding hydrogens is 310 g/mol. The molecule has 0 heterocycles. The maximum atomic E-state index is 12.4. The maximum absolute atomic E-state index is 12.4. The van der Waals surface area contributed by atoms with Gasteiger partial charge in [0.1, 0.15) is 5.75 Å². The summed E-state index contributed by atoms with van der Waals surface area (Å²) in [5.74, 6) is 0.410. The molecule has 0 aromatic heterocycles. The molecule has 1 N–H and O–H groups in total. The van der Waals surface area contributed by atoms with Crippen LogP contribution in [0.15, 0.2) is 47.4 Å². The van der Waals surface area contributed by atoms with Gasteiger partial charge in [0.25, 0.3) is 10.0 Å². The van der Waals surface area contributed by atoms with Crippen molar-refractivity contribution in [2.75, 3.05) is 11.8 Å². The summed E-state index contributed by atoms with van der Waals surface area (Å²) >= 11 is 5.90. The van der Waals surface area contributed by atoms with Gasteiger partial charge >= 0.3 is 0 Å². The van der Waals surface area contributed by atoms with Crippen LogP contribution in [0, 0.1) is 0 Å². The van der Waals surface area contributed by atoms with E-state index >= 15 is 0 Å². The average Bonchev–Trinajstić information content (AvgIpc) is 2.47. The second-order valence-electron chi connectivity index (χ2n) is 4.45. The summed E-state index contributed by atoms with van der Waals surface area (Å²) in [6.07, 6.45) is 0.857. The number of methoxy groups -OCH3 is 1. The molecular formula is C15H16ClNO3S. The third-order valence-electron chi connectivity index (χ3n) is 3.05. The summed E-state index contributed by atoms with van der Waals surface area (Å²) in [5.41, 5.74) is 1.39. The number of hydrogen-bond donors (Lipinski definition) is 1. The number of hydrogen-bond acceptors (Lipinski definition) is 3. The SMILES string of the molecule is CCc1ccc(S(=O)(=O)Nc2cc(Cl)ccc2OC)cc1. The fourth-order valence-corrected chi connectivity index (χ4v) is 3.10. The molecule has 112 valence electrons. The number of anilines is 1. The second-order valence-corrected chi connectivity index (χ2v) is 6.57. The highest BCUT2D eigenvalue weighted by Crippen LogP contribution is 2.29. The van der Waals surface area contributed by atoms with Gasteiger partial charge in [-0.1, -0.05) is 30.7 Å². The van der Waals surface area contributed by atoms with Gasteiger partial charge in [0, 0.05) is 5.02 Å². The van der Waals surface area contributed by atoms with Gasteiger partial charge in [-0.3, -0.25) is 4.72 Å². The minimum atomic E-state index is -3.68. The quantitative estimate of drug-likeness (QED) is 0.911. The van der Waals surface area contributed by atoms with Gasteiger partial charge in [-0.2, -0.15) is 0 Å². The third-order valence-corrected chi connectivity index (χ3v) is 4.66. The molecule has 2 aromatic rings. The Hall–Kier alpha value is -1.72. The Labute approximate surface area is 129 Å². The largest absolute Gasteiger partial charge is 0.495 e. The van der Waals surface area contributed by atoms with Gasteiger partial charge in [0.2, 0.25) is 0 Å². The minimum Gasteiger partial charge on any atom is -0.495 e. The van der Waals surface area contributed by atoms with Crippen LogP contribution < -0.4 is 9.46 Å². The molecule has 6 heteroatoms. The van der Waals surface area contributed by atoms with Crippen molar-refractivity contribution in [2.24, 2.45) is 0 Å². The molecule has 0 radical (unpaired) electrons. The van der Waals surface area contributed by atoms with Crippen molar-refractivity contribution in [2.45, 2.75) is 18.2 Å². The predicted molar refractivity (Wildman–Crippen MR) is 84.6 cm³/mol. The zero-order chi connectivity index (χ0) is 15.5. The first-order valence-electron chi connectivity index (χ1n) is 6.41. The molecule has 0 saturated heterocycles. The van der Waals surface area contributed by atoms with Crippen LogP contribution in [0.1, 0.15) is 12.5 Å². The van der Waals surface area contributed by atoms with Gasteiger partial charge in [0.05, 0.1) is 17.7 Å². The van der Waals surface area contributed by atoms with E-state index in [4.69, 9.17) is 16.3 Å². The van der Waals surface area contributed by atoms with Crippen molar-refractivity contribution in [3.63, 3.8) is 0 Å². The number of ether oxygens (including phenoxy) is 1. The summed E-state index contributed by atoms with van der Waals surface area (Å²) in [5, 5.41) is 0.426. The van der Waals surface area contributed by atoms with Crippen LogP contribution in [-0.2, 0) is 16.4 Å². The summed E-state index contributed by atoms with van der Waals surface area (Å²) in [6, 6.07) is 11.5. The van der Waals surface area contributed by atoms with E-state index in [2.05, 4.69) is 4.72 Å². The highest BCUT2D eigenvalue weighted by Gasteiger charge is 2.16. The molecule has 0 bridgehead atoms. The number of aryl methyl sites for hydroxylation is 1. The number of sulfonamides is 1. The predicted octanol–water partition coefficient (Wildman–Crippen LogP) is 3.71. The van der Waals surface area contributed by atoms with E-state index in [9.17, 15) is 8.42 Å². The highest BCUT2D eigenvalue weighted by atomic mass is 35.5. The Kier molecular flexibility index (Phi) is 4.75. The van der Waals surface area contributed by atoms with Crippen LogP contribution in [0.2, 0.25) is 5.02 Å². The first kappa shape index (κ1) is 15.7. The van der Waals surface area contributed by atoms with Crippen molar-refractivity contribution in [1.82, 2.24) is 0 Å². The molecule has 2 aromatic carbocycles. The zero-order valence-corrected chi connectivity index (χ0v) is 13.3. The molecule has 0 unspecified atom stereocenters. The number of halogens is 1. The Morgan fingerprint density at radius 3 is 2.38 bits per heavy atom. The van der Waals surface area contributed by atoms with Gasteiger partial charge in [0.15, 0.2) is 0 Å². The Bertz CT molecular complexity index is 727. The lowest BCUT2D eigenvalue weighted by Crippen LogP contribution is -2.13. The molecule has 0 aliphatic rings. The average molecular weight is 326 g/mol. The van der Waals surface area contributed by atoms with Crippen molar-refractivity contribution in [1.29, 1.82) is 0 Å². The molecule has 21 heavy (non-hydrogen) atoms. The Morgan fingerprint density at radius 1 is 1.14 bits per heavy atom. The lowest BCUT2D eigenvalue weighted by molar-refractivity contribution is 0.417. The van der Waals surface area contributed by atoms with Gasteiger partial charge in [-0.25, -0.2) is 8.42 Å². The summed E-state index contributed by atoms with van der Waals surface area (Å²) in [7, 11) is -2.21. The topological polar surface area (TPSA) is 55.4 Å². The van der Waals surface area contributed by atoms with Crippen molar-refractivity contribution >= 4 is 27.3 Å². The molecule has 4 nitrogen and oxygen atoms in total. The van der Waals surface area contributed by atoms with Gasteiger partial charge in [-0.15, -0.1) is 0 Å². The van der Waals surface area contributed by atoms with Crippen molar-refractivity contribution in [3.05, 3.63) is 53.1 Å². The standard InChI is InChI=1S/C15H16ClNO3S/c1-3-11-4-7-13(8-5-11)21(18,19)17-14-10-12(16)6-9-15(14)20-2/h4-10,17H,3H2,1-2H3. The smallest absolute Gasteiger partial charge is 0.262 e. The fraction of sp³-hybridized carbons (Fsp3) is 0.200. The van der Waals surface area contributed by atoms with Crippen LogP contribution >= 0.6 is 11.6 Å². The van der Waals surface area contributed by atoms with E-state index in [1.165, 1.54) is 13.2 Å². The molecule has 2 rings (SSSR count). The fourth-order valence-electron chi connectivity index (χ4n) is 1.87. The van der Waals surface area contributed by atoms with Crippen LogP contribution in [0.4, 0.5) is 5.69 Å². The van der Waals surface area contributed by atoms with Gasteiger partial charge < -0.3 is 4.74 Å². The van der Waals surface area contributed by atoms with E-state index < -0.39 is 10.0 Å². The summed E-state index contributed by atoms with van der Waals surface area (Å²) in [6.45, 7) is 2.01. The lowest BCUT2D eigenvalue weighted by atomic mass is 10.2. The van der Waals surface area contributed by atoms with E-state index in [-0.39, 0.29) is 4.90 Å². The molecule has 0 aliphatic carbocycles. The summed E-state index contributed by atoms with van der Waals surface area (Å²) in [4.78, 5) is 0.196. The molecule has 0 amide bonds. The molecule has 0 atom stereocenters. The first-order chi connectivity index (χ1) is 9.96. The number of benzene rings is 2. The Balaban J connectivity index is 2.34. The van der Waals surface area contributed by atoms with E-state index in [1.54, 1.807) is 36.4 Å². The summed E-state index contributed by atoms with van der Waals surface area (Å²) < 4.78 is 32.4. The van der Waals surface area contributed by atoms with Crippen LogP contribution in [0.3, 0.4) is 0 Å². The number of nitrogens with one attached hydrogen (secondary N) is 1. The van der Waals surface area contributed by atoms with Crippen molar-refractivity contribution in [3.8, 4) is 5.75 Å². The van der Waals surface area contributed by atoms with E-state index in [0.29, 0.717) is 16.5 Å². The minimum absolute atomic E-state index is 0.196. The maximum Gasteiger partial charge on any atom is 0.262 e. The first-order valence-corrected chi connectivity index (χ1v) is 8.27. The van der Waals surface area contributed by atoms with Crippen LogP contribution in [-0.4, -0.2) is 15.5 Å². The third kappa shape index (κ3) is 3.68. The second kappa shape index (κ2) is 6.37. The highest BCUT2D eigenvalue weighted by molar-refractivity contribution is 7.92. The molecule has 0 aliphatic heterocycles. The zero-order valence-electron chi connectivity index (χ0n) is 11.8.